The van der Waals surface area contributed by atoms with Crippen molar-refractivity contribution in [2.75, 3.05) is 30.8 Å². The van der Waals surface area contributed by atoms with Gasteiger partial charge in [0.1, 0.15) is 0 Å². The summed E-state index contributed by atoms with van der Waals surface area (Å²) in [6.45, 7) is 1.45. The second-order valence-electron chi connectivity index (χ2n) is 5.58. The zero-order valence-corrected chi connectivity index (χ0v) is 11.1. The lowest BCUT2D eigenvalue weighted by molar-refractivity contribution is 0.254. The van der Waals surface area contributed by atoms with Gasteiger partial charge < -0.3 is 10.6 Å². The highest BCUT2D eigenvalue weighted by atomic mass is 19.2. The number of rotatable bonds is 1. The van der Waals surface area contributed by atoms with Gasteiger partial charge in [-0.25, -0.2) is 8.78 Å². The first-order valence-electron chi connectivity index (χ1n) is 6.78. The van der Waals surface area contributed by atoms with Gasteiger partial charge in [-0.1, -0.05) is 0 Å². The fourth-order valence-corrected chi connectivity index (χ4v) is 3.39. The number of hydrogen-bond acceptors (Lipinski definition) is 3. The molecule has 2 unspecified atom stereocenters. The predicted molar refractivity (Wildman–Crippen MR) is 72.2 cm³/mol. The van der Waals surface area contributed by atoms with E-state index in [0.29, 0.717) is 17.8 Å². The number of halogens is 2. The van der Waals surface area contributed by atoms with Gasteiger partial charge in [-0.2, -0.15) is 0 Å². The second-order valence-corrected chi connectivity index (χ2v) is 5.58. The molecule has 0 aromatic heterocycles. The van der Waals surface area contributed by atoms with Crippen LogP contribution in [0.5, 0.6) is 0 Å². The van der Waals surface area contributed by atoms with Crippen LogP contribution in [0.3, 0.4) is 0 Å². The summed E-state index contributed by atoms with van der Waals surface area (Å²) in [6.07, 6.45) is 3.30. The van der Waals surface area contributed by atoms with Gasteiger partial charge in [0.15, 0.2) is 11.6 Å². The van der Waals surface area contributed by atoms with Gasteiger partial charge in [0, 0.05) is 25.2 Å². The Balaban J connectivity index is 1.93. The van der Waals surface area contributed by atoms with E-state index in [9.17, 15) is 8.78 Å². The first-order valence-corrected chi connectivity index (χ1v) is 6.78. The molecular formula is C14H19F2N3. The maximum atomic E-state index is 14.0. The van der Waals surface area contributed by atoms with Crippen molar-refractivity contribution >= 4 is 11.4 Å². The van der Waals surface area contributed by atoms with Crippen molar-refractivity contribution in [3.8, 4) is 0 Å². The summed E-state index contributed by atoms with van der Waals surface area (Å²) >= 11 is 0. The number of benzene rings is 1. The fraction of sp³-hybridized carbons (Fsp3) is 0.571. The molecule has 104 valence electrons. The summed E-state index contributed by atoms with van der Waals surface area (Å²) in [7, 11) is 2.12. The molecule has 5 heteroatoms. The Hall–Kier alpha value is -1.36. The average Bonchev–Trinajstić information content (AvgIpc) is 2.61. The zero-order valence-electron chi connectivity index (χ0n) is 11.1. The van der Waals surface area contributed by atoms with E-state index in [-0.39, 0.29) is 5.69 Å². The van der Waals surface area contributed by atoms with Crippen molar-refractivity contribution in [2.45, 2.75) is 31.3 Å². The lowest BCUT2D eigenvalue weighted by Crippen LogP contribution is -2.37. The Morgan fingerprint density at radius 3 is 2.68 bits per heavy atom. The highest BCUT2D eigenvalue weighted by Gasteiger charge is 2.35. The monoisotopic (exact) mass is 267 g/mol. The number of nitrogen functional groups attached to an aromatic ring is 1. The third-order valence-corrected chi connectivity index (χ3v) is 4.56. The molecule has 1 aromatic carbocycles. The quantitative estimate of drug-likeness (QED) is 0.792. The molecule has 0 saturated carbocycles. The standard InChI is InChI=1S/C14H19F2N3/c1-18-9-2-3-10(18)8-19(7-6-9)14-12(17)5-4-11(15)13(14)16/h4-5,9-10H,2-3,6-8,17H2,1H3. The van der Waals surface area contributed by atoms with Crippen LogP contribution in [0, 0.1) is 11.6 Å². The van der Waals surface area contributed by atoms with Crippen molar-refractivity contribution in [3.63, 3.8) is 0 Å². The van der Waals surface area contributed by atoms with Crippen molar-refractivity contribution in [2.24, 2.45) is 0 Å². The minimum absolute atomic E-state index is 0.237. The topological polar surface area (TPSA) is 32.5 Å². The summed E-state index contributed by atoms with van der Waals surface area (Å²) in [5.74, 6) is -1.65. The molecule has 2 fully saturated rings. The van der Waals surface area contributed by atoms with Crippen molar-refractivity contribution < 1.29 is 8.78 Å². The number of anilines is 2. The van der Waals surface area contributed by atoms with E-state index in [1.807, 2.05) is 4.90 Å². The molecule has 0 spiro atoms. The number of likely N-dealkylation sites (N-methyl/N-ethyl adjacent to an activating group) is 1. The summed E-state index contributed by atoms with van der Waals surface area (Å²) in [6, 6.07) is 3.51. The zero-order chi connectivity index (χ0) is 13.6. The van der Waals surface area contributed by atoms with Crippen LogP contribution >= 0.6 is 0 Å². The van der Waals surface area contributed by atoms with Crippen LogP contribution in [0.2, 0.25) is 0 Å². The molecule has 2 heterocycles. The van der Waals surface area contributed by atoms with Crippen LogP contribution in [0.4, 0.5) is 20.2 Å². The molecule has 1 aromatic rings. The van der Waals surface area contributed by atoms with E-state index in [4.69, 9.17) is 5.73 Å². The van der Waals surface area contributed by atoms with Gasteiger partial charge in [-0.15, -0.1) is 0 Å². The van der Waals surface area contributed by atoms with E-state index in [1.165, 1.54) is 12.5 Å². The molecular weight excluding hydrogens is 248 g/mol. The van der Waals surface area contributed by atoms with E-state index in [2.05, 4.69) is 11.9 Å². The fourth-order valence-electron chi connectivity index (χ4n) is 3.39. The largest absolute Gasteiger partial charge is 0.397 e. The van der Waals surface area contributed by atoms with E-state index in [0.717, 1.165) is 32.0 Å². The first kappa shape index (κ1) is 12.7. The molecule has 19 heavy (non-hydrogen) atoms. The van der Waals surface area contributed by atoms with Crippen LogP contribution in [0.25, 0.3) is 0 Å². The molecule has 0 amide bonds. The number of nitrogens with two attached hydrogens (primary N) is 1. The molecule has 2 aliphatic heterocycles. The van der Waals surface area contributed by atoms with Gasteiger partial charge in [0.05, 0.1) is 11.4 Å². The summed E-state index contributed by atoms with van der Waals surface area (Å²) < 4.78 is 27.4. The first-order chi connectivity index (χ1) is 9.08. The van der Waals surface area contributed by atoms with Gasteiger partial charge in [0.2, 0.25) is 0 Å². The molecule has 2 N–H and O–H groups in total. The Labute approximate surface area is 112 Å². The van der Waals surface area contributed by atoms with Crippen LogP contribution in [-0.4, -0.2) is 37.1 Å². The van der Waals surface area contributed by atoms with Crippen LogP contribution < -0.4 is 10.6 Å². The molecule has 2 atom stereocenters. The lowest BCUT2D eigenvalue weighted by Gasteiger charge is -2.28. The highest BCUT2D eigenvalue weighted by molar-refractivity contribution is 5.68. The summed E-state index contributed by atoms with van der Waals surface area (Å²) in [5, 5.41) is 0. The molecule has 2 saturated heterocycles. The van der Waals surface area contributed by atoms with Crippen LogP contribution in [0.15, 0.2) is 12.1 Å². The molecule has 0 aliphatic carbocycles. The maximum Gasteiger partial charge on any atom is 0.184 e. The predicted octanol–water partition coefficient (Wildman–Crippen LogP) is 2.22. The second kappa shape index (κ2) is 4.63. The summed E-state index contributed by atoms with van der Waals surface area (Å²) in [5.41, 5.74) is 6.40. The van der Waals surface area contributed by atoms with Crippen LogP contribution in [-0.2, 0) is 0 Å². The van der Waals surface area contributed by atoms with Gasteiger partial charge in [-0.3, -0.25) is 4.90 Å². The van der Waals surface area contributed by atoms with Gasteiger partial charge in [0.25, 0.3) is 0 Å². The Morgan fingerprint density at radius 2 is 1.89 bits per heavy atom. The summed E-state index contributed by atoms with van der Waals surface area (Å²) in [4.78, 5) is 4.28. The minimum Gasteiger partial charge on any atom is -0.397 e. The number of fused-ring (bicyclic) bond motifs is 2. The van der Waals surface area contributed by atoms with Crippen LogP contribution in [0.1, 0.15) is 19.3 Å². The Morgan fingerprint density at radius 1 is 1.16 bits per heavy atom. The number of hydrogen-bond donors (Lipinski definition) is 1. The molecule has 2 bridgehead atoms. The SMILES string of the molecule is CN1C2CCC1CN(c1c(N)ccc(F)c1F)CC2. The molecule has 3 nitrogen and oxygen atoms in total. The third kappa shape index (κ3) is 2.06. The smallest absolute Gasteiger partial charge is 0.184 e. The average molecular weight is 267 g/mol. The number of nitrogens with zero attached hydrogens (tertiary/aromatic N) is 2. The minimum atomic E-state index is -0.827. The van der Waals surface area contributed by atoms with Gasteiger partial charge >= 0.3 is 0 Å². The molecule has 0 radical (unpaired) electrons. The normalized spacial score (nSPS) is 27.6. The van der Waals surface area contributed by atoms with Gasteiger partial charge in [-0.05, 0) is 38.4 Å². The van der Waals surface area contributed by atoms with E-state index in [1.54, 1.807) is 0 Å². The Kier molecular flexibility index (Phi) is 3.09. The maximum absolute atomic E-state index is 14.0. The van der Waals surface area contributed by atoms with E-state index < -0.39 is 11.6 Å². The Bertz CT molecular complexity index is 492. The lowest BCUT2D eigenvalue weighted by atomic mass is 10.1. The highest BCUT2D eigenvalue weighted by Crippen LogP contribution is 2.34. The van der Waals surface area contributed by atoms with E-state index >= 15 is 0 Å². The van der Waals surface area contributed by atoms with Crippen molar-refractivity contribution in [3.05, 3.63) is 23.8 Å². The molecule has 3 rings (SSSR count). The van der Waals surface area contributed by atoms with Crippen molar-refractivity contribution in [1.29, 1.82) is 0 Å². The molecule has 2 aliphatic rings. The van der Waals surface area contributed by atoms with Crippen molar-refractivity contribution in [1.82, 2.24) is 4.90 Å². The third-order valence-electron chi connectivity index (χ3n) is 4.56.